The summed E-state index contributed by atoms with van der Waals surface area (Å²) in [6, 6.07) is -3.98. The number of nitrogens with zero attached hydrogens (tertiary/aromatic N) is 2. The van der Waals surface area contributed by atoms with Gasteiger partial charge in [0.2, 0.25) is 17.7 Å². The molecular weight excluding hydrogens is 428 g/mol. The third-order valence-corrected chi connectivity index (χ3v) is 6.43. The Morgan fingerprint density at radius 2 is 1.84 bits per heavy atom. The standard InChI is InChI=1S/C19H32N4O7S/c1-4-30-19(29)15(11(3)25)21-16(26)12-6-5-7-22(12)17(27)13-8-31-9-23(13)18(28)14(20)10(2)24/h10-15,24-25H,4-9,20H2,1-3H3,(H,21,26)/t10-,11-,12+,13+,14+,15+/m1/s1. The number of hydrogen-bond acceptors (Lipinski definition) is 9. The number of nitrogens with one attached hydrogen (secondary N) is 1. The number of ether oxygens (including phenoxy) is 1. The van der Waals surface area contributed by atoms with E-state index in [0.29, 0.717) is 25.1 Å². The van der Waals surface area contributed by atoms with Gasteiger partial charge in [0.15, 0.2) is 6.04 Å². The first-order valence-corrected chi connectivity index (χ1v) is 11.5. The highest BCUT2D eigenvalue weighted by Crippen LogP contribution is 2.27. The number of aliphatic hydroxyl groups is 2. The van der Waals surface area contributed by atoms with Crippen LogP contribution < -0.4 is 11.1 Å². The molecule has 0 aromatic heterocycles. The summed E-state index contributed by atoms with van der Waals surface area (Å²) in [6.07, 6.45) is -1.24. The lowest BCUT2D eigenvalue weighted by molar-refractivity contribution is -0.152. The molecule has 5 N–H and O–H groups in total. The van der Waals surface area contributed by atoms with Crippen molar-refractivity contribution < 1.29 is 34.1 Å². The van der Waals surface area contributed by atoms with E-state index >= 15 is 0 Å². The lowest BCUT2D eigenvalue weighted by Gasteiger charge is -2.32. The SMILES string of the molecule is CCOC(=O)[C@@H](NC(=O)[C@@H]1CCCN1C(=O)[C@@H]1CSCN1C(=O)[C@@H](N)[C@@H](C)O)[C@@H](C)O. The van der Waals surface area contributed by atoms with Gasteiger partial charge in [-0.25, -0.2) is 4.79 Å². The maximum Gasteiger partial charge on any atom is 0.331 e. The third kappa shape index (κ3) is 5.88. The molecule has 2 aliphatic rings. The fraction of sp³-hybridized carbons (Fsp3) is 0.789. The number of rotatable bonds is 8. The van der Waals surface area contributed by atoms with Crippen molar-refractivity contribution in [2.45, 2.75) is 70.0 Å². The molecule has 0 unspecified atom stereocenters. The molecule has 2 fully saturated rings. The summed E-state index contributed by atoms with van der Waals surface area (Å²) in [4.78, 5) is 53.4. The van der Waals surface area contributed by atoms with Gasteiger partial charge in [-0.05, 0) is 33.6 Å². The number of likely N-dealkylation sites (tertiary alicyclic amines) is 1. The van der Waals surface area contributed by atoms with E-state index in [1.807, 2.05) is 0 Å². The lowest BCUT2D eigenvalue weighted by atomic mass is 10.1. The Morgan fingerprint density at radius 3 is 2.42 bits per heavy atom. The van der Waals surface area contributed by atoms with Gasteiger partial charge >= 0.3 is 5.97 Å². The third-order valence-electron chi connectivity index (χ3n) is 5.41. The van der Waals surface area contributed by atoms with E-state index in [1.165, 1.54) is 35.4 Å². The molecule has 2 saturated heterocycles. The molecule has 2 rings (SSSR count). The van der Waals surface area contributed by atoms with Crippen molar-refractivity contribution in [1.29, 1.82) is 0 Å². The number of carbonyl (C=O) groups excluding carboxylic acids is 4. The van der Waals surface area contributed by atoms with E-state index in [9.17, 15) is 29.4 Å². The molecule has 0 aromatic rings. The molecule has 11 nitrogen and oxygen atoms in total. The van der Waals surface area contributed by atoms with Gasteiger partial charge in [0.1, 0.15) is 18.1 Å². The number of carbonyl (C=O) groups is 4. The van der Waals surface area contributed by atoms with Gasteiger partial charge in [-0.15, -0.1) is 11.8 Å². The second kappa shape index (κ2) is 11.1. The van der Waals surface area contributed by atoms with Gasteiger partial charge in [0.05, 0.1) is 24.7 Å². The van der Waals surface area contributed by atoms with Crippen LogP contribution in [0.25, 0.3) is 0 Å². The van der Waals surface area contributed by atoms with Crippen LogP contribution in [0.15, 0.2) is 0 Å². The molecule has 2 aliphatic heterocycles. The van der Waals surface area contributed by atoms with E-state index < -0.39 is 54.2 Å². The molecular formula is C19H32N4O7S. The van der Waals surface area contributed by atoms with E-state index in [0.717, 1.165) is 0 Å². The Hall–Kier alpha value is -1.89. The quantitative estimate of drug-likeness (QED) is 0.301. The Bertz CT molecular complexity index is 690. The van der Waals surface area contributed by atoms with Crippen molar-refractivity contribution in [3.63, 3.8) is 0 Å². The molecule has 0 radical (unpaired) electrons. The molecule has 3 amide bonds. The van der Waals surface area contributed by atoms with Crippen LogP contribution in [0.4, 0.5) is 0 Å². The van der Waals surface area contributed by atoms with Gasteiger partial charge in [0, 0.05) is 12.3 Å². The van der Waals surface area contributed by atoms with Crippen molar-refractivity contribution in [3.05, 3.63) is 0 Å². The first kappa shape index (κ1) is 25.4. The van der Waals surface area contributed by atoms with E-state index in [2.05, 4.69) is 5.32 Å². The topological polar surface area (TPSA) is 162 Å². The highest BCUT2D eigenvalue weighted by atomic mass is 32.2. The molecule has 0 saturated carbocycles. The molecule has 176 valence electrons. The van der Waals surface area contributed by atoms with Crippen LogP contribution >= 0.6 is 11.8 Å². The van der Waals surface area contributed by atoms with Crippen LogP contribution in [0.5, 0.6) is 0 Å². The maximum atomic E-state index is 13.2. The zero-order valence-corrected chi connectivity index (χ0v) is 18.8. The molecule has 31 heavy (non-hydrogen) atoms. The average Bonchev–Trinajstić information content (AvgIpc) is 3.39. The Balaban J connectivity index is 2.11. The van der Waals surface area contributed by atoms with Gasteiger partial charge in [0.25, 0.3) is 0 Å². The number of nitrogens with two attached hydrogens (primary N) is 1. The lowest BCUT2D eigenvalue weighted by Crippen LogP contribution is -2.58. The zero-order chi connectivity index (χ0) is 23.3. The van der Waals surface area contributed by atoms with Crippen molar-refractivity contribution in [2.75, 3.05) is 24.8 Å². The Kier molecular flexibility index (Phi) is 9.10. The highest BCUT2D eigenvalue weighted by molar-refractivity contribution is 7.99. The van der Waals surface area contributed by atoms with E-state index in [-0.39, 0.29) is 18.4 Å². The Labute approximate surface area is 185 Å². The van der Waals surface area contributed by atoms with Crippen molar-refractivity contribution in [2.24, 2.45) is 5.73 Å². The molecule has 0 bridgehead atoms. The van der Waals surface area contributed by atoms with Gasteiger partial charge in [-0.3, -0.25) is 14.4 Å². The van der Waals surface area contributed by atoms with Gasteiger partial charge < -0.3 is 35.8 Å². The van der Waals surface area contributed by atoms with Crippen molar-refractivity contribution >= 4 is 35.5 Å². The molecule has 2 heterocycles. The van der Waals surface area contributed by atoms with Crippen molar-refractivity contribution in [3.8, 4) is 0 Å². The first-order chi connectivity index (χ1) is 14.6. The molecule has 6 atom stereocenters. The van der Waals surface area contributed by atoms with Crippen LogP contribution in [-0.4, -0.2) is 105 Å². The average molecular weight is 461 g/mol. The molecule has 0 aliphatic carbocycles. The van der Waals surface area contributed by atoms with E-state index in [1.54, 1.807) is 6.92 Å². The second-order valence-corrected chi connectivity index (χ2v) is 8.76. The summed E-state index contributed by atoms with van der Waals surface area (Å²) in [5, 5.41) is 22.0. The van der Waals surface area contributed by atoms with Crippen LogP contribution in [0, 0.1) is 0 Å². The summed E-state index contributed by atoms with van der Waals surface area (Å²) in [5.41, 5.74) is 5.76. The molecule has 0 aromatic carbocycles. The molecule has 12 heteroatoms. The smallest absolute Gasteiger partial charge is 0.331 e. The maximum absolute atomic E-state index is 13.2. The van der Waals surface area contributed by atoms with Crippen molar-refractivity contribution in [1.82, 2.24) is 15.1 Å². The summed E-state index contributed by atoms with van der Waals surface area (Å²) in [5.74, 6) is -1.57. The minimum Gasteiger partial charge on any atom is -0.464 e. The minimum absolute atomic E-state index is 0.101. The normalized spacial score (nSPS) is 25.0. The van der Waals surface area contributed by atoms with E-state index in [4.69, 9.17) is 10.5 Å². The van der Waals surface area contributed by atoms with Crippen LogP contribution in [0.2, 0.25) is 0 Å². The number of thioether (sulfide) groups is 1. The largest absolute Gasteiger partial charge is 0.464 e. The van der Waals surface area contributed by atoms with Crippen LogP contribution in [-0.2, 0) is 23.9 Å². The van der Waals surface area contributed by atoms with Gasteiger partial charge in [-0.2, -0.15) is 0 Å². The second-order valence-electron chi connectivity index (χ2n) is 7.76. The summed E-state index contributed by atoms with van der Waals surface area (Å²) in [7, 11) is 0. The predicted octanol–water partition coefficient (Wildman–Crippen LogP) is -1.98. The van der Waals surface area contributed by atoms with Gasteiger partial charge in [-0.1, -0.05) is 0 Å². The first-order valence-electron chi connectivity index (χ1n) is 10.4. The summed E-state index contributed by atoms with van der Waals surface area (Å²) in [6.45, 7) is 4.83. The summed E-state index contributed by atoms with van der Waals surface area (Å²) >= 11 is 1.39. The minimum atomic E-state index is -1.24. The fourth-order valence-electron chi connectivity index (χ4n) is 3.61. The summed E-state index contributed by atoms with van der Waals surface area (Å²) < 4.78 is 4.89. The Morgan fingerprint density at radius 1 is 1.16 bits per heavy atom. The number of aliphatic hydroxyl groups excluding tert-OH is 2. The highest BCUT2D eigenvalue weighted by Gasteiger charge is 2.44. The number of hydrogen-bond donors (Lipinski definition) is 4. The molecule has 0 spiro atoms. The number of amides is 3. The van der Waals surface area contributed by atoms with Crippen LogP contribution in [0.3, 0.4) is 0 Å². The predicted molar refractivity (Wildman–Crippen MR) is 113 cm³/mol. The fourth-order valence-corrected chi connectivity index (χ4v) is 4.77. The zero-order valence-electron chi connectivity index (χ0n) is 18.0. The monoisotopic (exact) mass is 460 g/mol. The number of esters is 1. The van der Waals surface area contributed by atoms with Crippen LogP contribution in [0.1, 0.15) is 33.6 Å².